The molecule has 0 saturated carbocycles. The van der Waals surface area contributed by atoms with Crippen LogP contribution in [0.4, 0.5) is 23.2 Å². The zero-order valence-electron chi connectivity index (χ0n) is 13.4. The fraction of sp³-hybridized carbons (Fsp3) is 0.125. The number of benzene rings is 2. The van der Waals surface area contributed by atoms with Gasteiger partial charge in [-0.25, -0.2) is 13.9 Å². The van der Waals surface area contributed by atoms with Crippen molar-refractivity contribution >= 4 is 52.8 Å². The van der Waals surface area contributed by atoms with Crippen LogP contribution in [0.15, 0.2) is 48.5 Å². The summed E-state index contributed by atoms with van der Waals surface area (Å²) in [7, 11) is 0. The van der Waals surface area contributed by atoms with E-state index in [1.807, 2.05) is 0 Å². The summed E-state index contributed by atoms with van der Waals surface area (Å²) in [4.78, 5) is 23.4. The normalized spacial score (nSPS) is 11.8. The minimum Gasteiger partial charge on any atom is -0.478 e. The van der Waals surface area contributed by atoms with Gasteiger partial charge in [0.15, 0.2) is 0 Å². The summed E-state index contributed by atoms with van der Waals surface area (Å²) in [6, 6.07) is 9.16. The molecule has 0 aliphatic heterocycles. The Labute approximate surface area is 169 Å². The van der Waals surface area contributed by atoms with Crippen LogP contribution in [-0.4, -0.2) is 27.3 Å². The minimum absolute atomic E-state index is 0.295. The van der Waals surface area contributed by atoms with Gasteiger partial charge in [0.05, 0.1) is 11.3 Å². The number of hydrogen-bond acceptors (Lipinski definition) is 5. The second kappa shape index (κ2) is 8.46. The first-order valence-corrected chi connectivity index (χ1v) is 8.69. The number of aromatic carboxylic acids is 1. The molecular formula is C16H9Cl2F4NO4S. The molecule has 0 fully saturated rings. The van der Waals surface area contributed by atoms with Crippen molar-refractivity contribution < 1.29 is 37.0 Å². The molecule has 0 unspecified atom stereocenters. The number of para-hydroxylation sites is 1. The topological polar surface area (TPSA) is 66.8 Å². The smallest absolute Gasteiger partial charge is 0.478 e. The van der Waals surface area contributed by atoms with Crippen LogP contribution in [0.1, 0.15) is 20.7 Å². The van der Waals surface area contributed by atoms with Crippen molar-refractivity contribution in [3.63, 3.8) is 0 Å². The van der Waals surface area contributed by atoms with Gasteiger partial charge < -0.3 is 9.84 Å². The molecule has 0 amide bonds. The highest BCUT2D eigenvalue weighted by atomic mass is 35.5. The highest BCUT2D eigenvalue weighted by Crippen LogP contribution is 2.45. The molecule has 150 valence electrons. The van der Waals surface area contributed by atoms with E-state index in [1.165, 1.54) is 24.3 Å². The zero-order valence-corrected chi connectivity index (χ0v) is 15.7. The lowest BCUT2D eigenvalue weighted by Crippen LogP contribution is -2.34. The third-order valence-electron chi connectivity index (χ3n) is 3.06. The number of carbonyl (C=O) groups excluding carboxylic acids is 1. The summed E-state index contributed by atoms with van der Waals surface area (Å²) in [6.45, 7) is 0. The second-order valence-electron chi connectivity index (χ2n) is 5.04. The number of carboxylic acid groups (broad SMARTS) is 1. The number of rotatable bonds is 6. The van der Waals surface area contributed by atoms with Crippen molar-refractivity contribution in [3.05, 3.63) is 59.7 Å². The fourth-order valence-corrected chi connectivity index (χ4v) is 2.95. The van der Waals surface area contributed by atoms with Gasteiger partial charge in [0.25, 0.3) is 0 Å². The highest BCUT2D eigenvalue weighted by Gasteiger charge is 2.44. The van der Waals surface area contributed by atoms with Gasteiger partial charge in [-0.05, 0) is 30.3 Å². The van der Waals surface area contributed by atoms with Gasteiger partial charge in [-0.3, -0.25) is 0 Å². The lowest BCUT2D eigenvalue weighted by atomic mass is 10.2. The average molecular weight is 458 g/mol. The van der Waals surface area contributed by atoms with Gasteiger partial charge in [0.1, 0.15) is 11.3 Å². The molecule has 0 aliphatic carbocycles. The summed E-state index contributed by atoms with van der Waals surface area (Å²) < 4.78 is 54.1. The largest absolute Gasteiger partial charge is 0.495 e. The van der Waals surface area contributed by atoms with Crippen LogP contribution in [0.25, 0.3) is 0 Å². The van der Waals surface area contributed by atoms with E-state index in [4.69, 9.17) is 33.0 Å². The Morgan fingerprint density at radius 3 is 2.25 bits per heavy atom. The van der Waals surface area contributed by atoms with Crippen molar-refractivity contribution in [2.75, 3.05) is 4.31 Å². The maximum Gasteiger partial charge on any atom is 0.495 e. The van der Waals surface area contributed by atoms with Crippen LogP contribution in [0, 0.1) is 0 Å². The number of carboxylic acids is 1. The van der Waals surface area contributed by atoms with E-state index < -0.39 is 44.1 Å². The van der Waals surface area contributed by atoms with E-state index in [-0.39, 0.29) is 16.9 Å². The molecule has 0 spiro atoms. The maximum absolute atomic E-state index is 13.3. The van der Waals surface area contributed by atoms with Crippen molar-refractivity contribution in [1.29, 1.82) is 0 Å². The van der Waals surface area contributed by atoms with Crippen LogP contribution in [0.5, 0.6) is 5.75 Å². The number of carbonyl (C=O) groups is 2. The Bertz CT molecular complexity index is 889. The summed E-state index contributed by atoms with van der Waals surface area (Å²) >= 11 is 9.46. The second-order valence-corrected chi connectivity index (χ2v) is 7.83. The Morgan fingerprint density at radius 1 is 1.04 bits per heavy atom. The van der Waals surface area contributed by atoms with Crippen molar-refractivity contribution in [3.8, 4) is 5.75 Å². The molecule has 2 aromatic rings. The van der Waals surface area contributed by atoms with E-state index >= 15 is 0 Å². The van der Waals surface area contributed by atoms with Crippen molar-refractivity contribution in [2.24, 2.45) is 0 Å². The average Bonchev–Trinajstić information content (AvgIpc) is 2.58. The quantitative estimate of drug-likeness (QED) is 0.151. The SMILES string of the molecule is O=C(Oc1ccccc1C(=O)O)c1cccc(N(SC(F)(Cl)Cl)C(F)(F)F)c1. The van der Waals surface area contributed by atoms with E-state index in [0.29, 0.717) is 0 Å². The molecule has 0 aliphatic rings. The number of hydrogen-bond donors (Lipinski definition) is 1. The van der Waals surface area contributed by atoms with Crippen molar-refractivity contribution in [2.45, 2.75) is 10.2 Å². The molecule has 0 heterocycles. The lowest BCUT2D eigenvalue weighted by Gasteiger charge is -2.27. The molecule has 2 aromatic carbocycles. The number of halogens is 6. The summed E-state index contributed by atoms with van der Waals surface area (Å²) in [6.07, 6.45) is -5.08. The van der Waals surface area contributed by atoms with Gasteiger partial charge in [-0.15, -0.1) is 13.2 Å². The van der Waals surface area contributed by atoms with Crippen LogP contribution in [-0.2, 0) is 0 Å². The molecule has 0 saturated heterocycles. The summed E-state index contributed by atoms with van der Waals surface area (Å²) in [5, 5.41) is 9.08. The molecule has 12 heteroatoms. The zero-order chi connectivity index (χ0) is 21.1. The van der Waals surface area contributed by atoms with Gasteiger partial charge in [0.2, 0.25) is 0 Å². The molecule has 0 radical (unpaired) electrons. The van der Waals surface area contributed by atoms with Crippen LogP contribution in [0.2, 0.25) is 0 Å². The van der Waals surface area contributed by atoms with E-state index in [2.05, 4.69) is 0 Å². The van der Waals surface area contributed by atoms with Gasteiger partial charge in [-0.1, -0.05) is 41.4 Å². The summed E-state index contributed by atoms with van der Waals surface area (Å²) in [5.74, 6) is -2.78. The monoisotopic (exact) mass is 457 g/mol. The number of nitrogens with zero attached hydrogens (tertiary/aromatic N) is 1. The number of esters is 1. The van der Waals surface area contributed by atoms with Crippen LogP contribution in [0.3, 0.4) is 0 Å². The number of ether oxygens (including phenoxy) is 1. The Balaban J connectivity index is 2.34. The molecule has 0 aromatic heterocycles. The fourth-order valence-electron chi connectivity index (χ4n) is 2.00. The number of anilines is 1. The van der Waals surface area contributed by atoms with E-state index in [9.17, 15) is 27.2 Å². The van der Waals surface area contributed by atoms with Crippen molar-refractivity contribution in [1.82, 2.24) is 0 Å². The molecule has 28 heavy (non-hydrogen) atoms. The van der Waals surface area contributed by atoms with Gasteiger partial charge in [-0.2, -0.15) is 4.39 Å². The molecule has 1 N–H and O–H groups in total. The standard InChI is InChI=1S/C16H9Cl2F4NO4S/c17-15(18,19)28-23(16(20,21)22)10-5-3-4-9(8-10)14(26)27-12-7-2-1-6-11(12)13(24)25/h1-8H,(H,24,25). The predicted molar refractivity (Wildman–Crippen MR) is 96.5 cm³/mol. The first-order chi connectivity index (χ1) is 12.9. The molecular weight excluding hydrogens is 449 g/mol. The Morgan fingerprint density at radius 2 is 1.68 bits per heavy atom. The Hall–Kier alpha value is -2.17. The first-order valence-electron chi connectivity index (χ1n) is 7.16. The van der Waals surface area contributed by atoms with Crippen LogP contribution < -0.4 is 9.04 Å². The minimum atomic E-state index is -5.08. The molecule has 0 bridgehead atoms. The van der Waals surface area contributed by atoms with E-state index in [1.54, 1.807) is 0 Å². The molecule has 2 rings (SSSR count). The van der Waals surface area contributed by atoms with E-state index in [0.717, 1.165) is 24.3 Å². The maximum atomic E-state index is 13.3. The first kappa shape index (κ1) is 22.1. The Kier molecular flexibility index (Phi) is 6.68. The lowest BCUT2D eigenvalue weighted by molar-refractivity contribution is -0.114. The third kappa shape index (κ3) is 5.91. The molecule has 0 atom stereocenters. The third-order valence-corrected chi connectivity index (χ3v) is 4.28. The number of alkyl halides is 6. The van der Waals surface area contributed by atoms with Gasteiger partial charge >= 0.3 is 22.2 Å². The molecule has 5 nitrogen and oxygen atoms in total. The van der Waals surface area contributed by atoms with Gasteiger partial charge in [0, 0.05) is 11.9 Å². The highest BCUT2D eigenvalue weighted by molar-refractivity contribution is 8.04. The van der Waals surface area contributed by atoms with Crippen LogP contribution >= 0.6 is 35.1 Å². The summed E-state index contributed by atoms with van der Waals surface area (Å²) in [5.41, 5.74) is -1.31. The predicted octanol–water partition coefficient (Wildman–Crippen LogP) is 5.64.